The number of hydrogen-bond donors (Lipinski definition) is 0. The highest BCUT2D eigenvalue weighted by Gasteiger charge is 2.17. The van der Waals surface area contributed by atoms with Gasteiger partial charge in [-0.15, -0.1) is 11.8 Å². The van der Waals surface area contributed by atoms with Crippen LogP contribution in [0.2, 0.25) is 0 Å². The molecule has 4 heteroatoms. The Bertz CT molecular complexity index is 366. The Kier molecular flexibility index (Phi) is 4.68. The van der Waals surface area contributed by atoms with Gasteiger partial charge in [0.1, 0.15) is 5.75 Å². The summed E-state index contributed by atoms with van der Waals surface area (Å²) in [6, 6.07) is 7.72. The van der Waals surface area contributed by atoms with Crippen molar-refractivity contribution in [3.05, 3.63) is 24.3 Å². The molecule has 0 N–H and O–H groups in total. The summed E-state index contributed by atoms with van der Waals surface area (Å²) < 4.78 is 5.24. The van der Waals surface area contributed by atoms with Crippen molar-refractivity contribution in [2.24, 2.45) is 0 Å². The average Bonchev–Trinajstić information content (AvgIpc) is 2.28. The van der Waals surface area contributed by atoms with E-state index >= 15 is 0 Å². The predicted molar refractivity (Wildman–Crippen MR) is 67.0 cm³/mol. The van der Waals surface area contributed by atoms with Crippen LogP contribution in [0.3, 0.4) is 0 Å². The quantitative estimate of drug-likeness (QED) is 0.755. The van der Waals surface area contributed by atoms with Crippen LogP contribution in [0.1, 0.15) is 6.92 Å². The molecule has 1 unspecified atom stereocenters. The first kappa shape index (κ1) is 12.9. The van der Waals surface area contributed by atoms with E-state index in [0.717, 1.165) is 10.6 Å². The minimum atomic E-state index is -0.105. The number of methoxy groups -OCH3 is 1. The summed E-state index contributed by atoms with van der Waals surface area (Å²) >= 11 is 1.52. The fraction of sp³-hybridized carbons (Fsp3) is 0.417. The minimum Gasteiger partial charge on any atom is -0.496 e. The number of carbonyl (C=O) groups is 1. The van der Waals surface area contributed by atoms with Crippen molar-refractivity contribution >= 4 is 17.7 Å². The molecule has 0 bridgehead atoms. The SMILES string of the molecule is COc1ccccc1SC(C)C(=O)N(C)C. The van der Waals surface area contributed by atoms with Gasteiger partial charge in [0.15, 0.2) is 0 Å². The zero-order valence-electron chi connectivity index (χ0n) is 10.1. The van der Waals surface area contributed by atoms with Gasteiger partial charge >= 0.3 is 0 Å². The van der Waals surface area contributed by atoms with Crippen LogP contribution in [0.25, 0.3) is 0 Å². The number of nitrogens with zero attached hydrogens (tertiary/aromatic N) is 1. The van der Waals surface area contributed by atoms with E-state index in [9.17, 15) is 4.79 Å². The van der Waals surface area contributed by atoms with Crippen molar-refractivity contribution in [2.75, 3.05) is 21.2 Å². The summed E-state index contributed by atoms with van der Waals surface area (Å²) in [4.78, 5) is 14.3. The topological polar surface area (TPSA) is 29.5 Å². The van der Waals surface area contributed by atoms with Gasteiger partial charge < -0.3 is 9.64 Å². The molecule has 1 aromatic rings. The monoisotopic (exact) mass is 239 g/mol. The second-order valence-corrected chi connectivity index (χ2v) is 5.03. The van der Waals surface area contributed by atoms with Gasteiger partial charge in [0.25, 0.3) is 0 Å². The number of thioether (sulfide) groups is 1. The van der Waals surface area contributed by atoms with Crippen LogP contribution < -0.4 is 4.74 Å². The van der Waals surface area contributed by atoms with Gasteiger partial charge in [0, 0.05) is 14.1 Å². The third-order valence-corrected chi connectivity index (χ3v) is 3.31. The zero-order chi connectivity index (χ0) is 12.1. The third kappa shape index (κ3) is 3.17. The van der Waals surface area contributed by atoms with Gasteiger partial charge in [-0.3, -0.25) is 4.79 Å². The molecule has 1 rings (SSSR count). The first-order valence-electron chi connectivity index (χ1n) is 5.07. The largest absolute Gasteiger partial charge is 0.496 e. The molecule has 1 atom stereocenters. The van der Waals surface area contributed by atoms with Crippen molar-refractivity contribution in [3.63, 3.8) is 0 Å². The predicted octanol–water partition coefficient (Wildman–Crippen LogP) is 2.26. The highest BCUT2D eigenvalue weighted by molar-refractivity contribution is 8.00. The van der Waals surface area contributed by atoms with E-state index in [0.29, 0.717) is 0 Å². The molecule has 0 saturated carbocycles. The highest BCUT2D eigenvalue weighted by Crippen LogP contribution is 2.32. The lowest BCUT2D eigenvalue weighted by Gasteiger charge is -2.17. The lowest BCUT2D eigenvalue weighted by atomic mass is 10.3. The Morgan fingerprint density at radius 1 is 1.38 bits per heavy atom. The molecule has 1 amide bonds. The van der Waals surface area contributed by atoms with Gasteiger partial charge in [0.05, 0.1) is 17.3 Å². The molecular weight excluding hydrogens is 222 g/mol. The van der Waals surface area contributed by atoms with Crippen molar-refractivity contribution in [3.8, 4) is 5.75 Å². The first-order valence-corrected chi connectivity index (χ1v) is 5.95. The first-order chi connectivity index (χ1) is 7.56. The fourth-order valence-corrected chi connectivity index (χ4v) is 2.44. The van der Waals surface area contributed by atoms with Crippen LogP contribution in [-0.2, 0) is 4.79 Å². The molecule has 16 heavy (non-hydrogen) atoms. The van der Waals surface area contributed by atoms with Crippen LogP contribution in [0.5, 0.6) is 5.75 Å². The molecule has 0 aromatic heterocycles. The zero-order valence-corrected chi connectivity index (χ0v) is 10.9. The molecule has 0 aliphatic rings. The molecule has 0 spiro atoms. The molecule has 3 nitrogen and oxygen atoms in total. The van der Waals surface area contributed by atoms with Crippen molar-refractivity contribution in [1.29, 1.82) is 0 Å². The molecule has 0 aliphatic carbocycles. The number of rotatable bonds is 4. The van der Waals surface area contributed by atoms with Crippen LogP contribution >= 0.6 is 11.8 Å². The van der Waals surface area contributed by atoms with Crippen LogP contribution in [0.15, 0.2) is 29.2 Å². The van der Waals surface area contributed by atoms with E-state index in [1.54, 1.807) is 26.1 Å². The summed E-state index contributed by atoms with van der Waals surface area (Å²) in [5.74, 6) is 0.918. The third-order valence-electron chi connectivity index (χ3n) is 2.16. The van der Waals surface area contributed by atoms with E-state index in [2.05, 4.69) is 0 Å². The van der Waals surface area contributed by atoms with Crippen LogP contribution in [0.4, 0.5) is 0 Å². The Hall–Kier alpha value is -1.16. The molecular formula is C12H17NO2S. The summed E-state index contributed by atoms with van der Waals surface area (Å²) in [5, 5.41) is -0.105. The van der Waals surface area contributed by atoms with E-state index < -0.39 is 0 Å². The summed E-state index contributed by atoms with van der Waals surface area (Å²) in [7, 11) is 5.17. The highest BCUT2D eigenvalue weighted by atomic mass is 32.2. The smallest absolute Gasteiger partial charge is 0.235 e. The number of amides is 1. The molecule has 0 heterocycles. The average molecular weight is 239 g/mol. The standard InChI is InChI=1S/C12H17NO2S/c1-9(12(14)13(2)3)16-11-8-6-5-7-10(11)15-4/h5-9H,1-4H3. The van der Waals surface area contributed by atoms with Crippen LogP contribution in [-0.4, -0.2) is 37.3 Å². The Morgan fingerprint density at radius 3 is 2.56 bits per heavy atom. The maximum atomic E-state index is 11.7. The van der Waals surface area contributed by atoms with Crippen LogP contribution in [0, 0.1) is 0 Å². The lowest BCUT2D eigenvalue weighted by molar-refractivity contribution is -0.127. The maximum Gasteiger partial charge on any atom is 0.235 e. The maximum absolute atomic E-state index is 11.7. The lowest BCUT2D eigenvalue weighted by Crippen LogP contribution is -2.29. The Balaban J connectivity index is 2.76. The second kappa shape index (κ2) is 5.80. The number of carbonyl (C=O) groups excluding carboxylic acids is 1. The van der Waals surface area contributed by atoms with Gasteiger partial charge in [-0.25, -0.2) is 0 Å². The van der Waals surface area contributed by atoms with Gasteiger partial charge in [-0.1, -0.05) is 12.1 Å². The fourth-order valence-electron chi connectivity index (χ4n) is 1.32. The van der Waals surface area contributed by atoms with E-state index in [1.165, 1.54) is 11.8 Å². The molecule has 0 radical (unpaired) electrons. The van der Waals surface area contributed by atoms with Crippen molar-refractivity contribution in [1.82, 2.24) is 4.90 Å². The summed E-state index contributed by atoms with van der Waals surface area (Å²) in [6.45, 7) is 1.90. The van der Waals surface area contributed by atoms with Gasteiger partial charge in [0.2, 0.25) is 5.91 Å². The minimum absolute atomic E-state index is 0.105. The Morgan fingerprint density at radius 2 is 2.00 bits per heavy atom. The van der Waals surface area contributed by atoms with Crippen molar-refractivity contribution in [2.45, 2.75) is 17.1 Å². The van der Waals surface area contributed by atoms with Gasteiger partial charge in [-0.05, 0) is 19.1 Å². The molecule has 88 valence electrons. The number of hydrogen-bond acceptors (Lipinski definition) is 3. The van der Waals surface area contributed by atoms with Crippen molar-refractivity contribution < 1.29 is 9.53 Å². The second-order valence-electron chi connectivity index (χ2n) is 3.64. The van der Waals surface area contributed by atoms with E-state index in [4.69, 9.17) is 4.74 Å². The molecule has 0 fully saturated rings. The number of para-hydroxylation sites is 1. The summed E-state index contributed by atoms with van der Waals surface area (Å²) in [6.07, 6.45) is 0. The van der Waals surface area contributed by atoms with Gasteiger partial charge in [-0.2, -0.15) is 0 Å². The molecule has 1 aromatic carbocycles. The molecule has 0 saturated heterocycles. The molecule has 0 aliphatic heterocycles. The Labute approximate surface area is 101 Å². The summed E-state index contributed by atoms with van der Waals surface area (Å²) in [5.41, 5.74) is 0. The van der Waals surface area contributed by atoms with E-state index in [1.807, 2.05) is 31.2 Å². The number of ether oxygens (including phenoxy) is 1. The van der Waals surface area contributed by atoms with E-state index in [-0.39, 0.29) is 11.2 Å². The number of benzene rings is 1. The normalized spacial score (nSPS) is 12.0.